The number of nitrogens with one attached hydrogen (secondary N) is 1. The van der Waals surface area contributed by atoms with E-state index in [0.717, 1.165) is 49.0 Å². The summed E-state index contributed by atoms with van der Waals surface area (Å²) in [5.74, 6) is 4.25. The number of piperidine rings is 1. The summed E-state index contributed by atoms with van der Waals surface area (Å²) in [5.41, 5.74) is 0.666. The van der Waals surface area contributed by atoms with Crippen molar-refractivity contribution in [1.82, 2.24) is 15.1 Å². The van der Waals surface area contributed by atoms with E-state index in [1.807, 2.05) is 61.5 Å². The molecule has 3 rings (SSSR count). The van der Waals surface area contributed by atoms with Crippen LogP contribution in [0.2, 0.25) is 0 Å². The Bertz CT molecular complexity index is 1100. The fourth-order valence-corrected chi connectivity index (χ4v) is 5.53. The predicted octanol–water partition coefficient (Wildman–Crippen LogP) is 7.83. The summed E-state index contributed by atoms with van der Waals surface area (Å²) >= 11 is 0. The Morgan fingerprint density at radius 3 is 2.14 bits per heavy atom. The lowest BCUT2D eigenvalue weighted by Crippen LogP contribution is -2.54. The highest BCUT2D eigenvalue weighted by atomic mass is 19.2. The van der Waals surface area contributed by atoms with Gasteiger partial charge in [0.15, 0.2) is 0 Å². The van der Waals surface area contributed by atoms with Crippen LogP contribution in [0, 0.1) is 5.92 Å². The Kier molecular flexibility index (Phi) is 26.4. The van der Waals surface area contributed by atoms with Crippen LogP contribution in [0.5, 0.6) is 11.5 Å². The SMILES string of the molecule is CCCC.CCCC.CCc1ccccc1Oc1ccccc1[C@](O)(CCCCOC)[C@@H]1CCCN(C(=O)N[C@@H](CO)CN(C)C)C1.NF. The molecule has 1 saturated heterocycles. The minimum atomic E-state index is -1.19. The lowest BCUT2D eigenvalue weighted by atomic mass is 9.73. The molecule has 0 aliphatic carbocycles. The average Bonchev–Trinajstić information content (AvgIpc) is 3.14. The second-order valence-electron chi connectivity index (χ2n) is 12.8. The molecule has 0 unspecified atom stereocenters. The molecule has 1 aliphatic rings. The summed E-state index contributed by atoms with van der Waals surface area (Å²) in [6.07, 6.45) is 9.85. The molecule has 0 saturated carbocycles. The molecule has 1 heterocycles. The molecule has 282 valence electrons. The number of aliphatic hydroxyl groups excluding tert-OH is 1. The highest BCUT2D eigenvalue weighted by molar-refractivity contribution is 5.74. The van der Waals surface area contributed by atoms with E-state index < -0.39 is 5.60 Å². The monoisotopic (exact) mass is 693 g/mol. The van der Waals surface area contributed by atoms with Crippen molar-refractivity contribution in [1.29, 1.82) is 0 Å². The molecule has 0 aromatic heterocycles. The Morgan fingerprint density at radius 2 is 1.59 bits per heavy atom. The summed E-state index contributed by atoms with van der Waals surface area (Å²) in [6.45, 7) is 12.9. The first kappa shape index (κ1) is 46.2. The van der Waals surface area contributed by atoms with Crippen molar-refractivity contribution in [3.8, 4) is 11.5 Å². The van der Waals surface area contributed by atoms with Crippen LogP contribution in [0.25, 0.3) is 0 Å². The van der Waals surface area contributed by atoms with E-state index in [1.165, 1.54) is 25.7 Å². The van der Waals surface area contributed by atoms with Gasteiger partial charge in [-0.15, -0.1) is 4.48 Å². The number of unbranched alkanes of at least 4 members (excludes halogenated alkanes) is 3. The third-order valence-corrected chi connectivity index (χ3v) is 8.60. The number of nitrogens with zero attached hydrogens (tertiary/aromatic N) is 2. The largest absolute Gasteiger partial charge is 0.457 e. The second-order valence-corrected chi connectivity index (χ2v) is 12.8. The van der Waals surface area contributed by atoms with E-state index in [2.05, 4.69) is 52.0 Å². The van der Waals surface area contributed by atoms with Crippen LogP contribution in [-0.4, -0.2) is 86.1 Å². The van der Waals surface area contributed by atoms with Gasteiger partial charge in [0.1, 0.15) is 11.5 Å². The average molecular weight is 693 g/mol. The molecule has 3 atom stereocenters. The van der Waals surface area contributed by atoms with E-state index >= 15 is 0 Å². The number of likely N-dealkylation sites (N-methyl/N-ethyl adjacent to an activating group) is 1. The molecular weight excluding hydrogens is 623 g/mol. The van der Waals surface area contributed by atoms with E-state index in [-0.39, 0.29) is 24.6 Å². The van der Waals surface area contributed by atoms with Crippen molar-refractivity contribution in [2.24, 2.45) is 11.9 Å². The number of carbonyl (C=O) groups excluding carboxylic acids is 1. The van der Waals surface area contributed by atoms with Crippen LogP contribution in [0.15, 0.2) is 48.5 Å². The van der Waals surface area contributed by atoms with Crippen LogP contribution < -0.4 is 16.0 Å². The fraction of sp³-hybridized carbons (Fsp3) is 0.667. The molecule has 1 fully saturated rings. The van der Waals surface area contributed by atoms with E-state index in [9.17, 15) is 15.0 Å². The van der Waals surface area contributed by atoms with E-state index in [1.54, 1.807) is 12.0 Å². The first-order chi connectivity index (χ1) is 23.6. The molecule has 0 radical (unpaired) electrons. The van der Waals surface area contributed by atoms with Gasteiger partial charge in [-0.25, -0.2) is 4.79 Å². The van der Waals surface area contributed by atoms with Crippen molar-refractivity contribution in [3.05, 3.63) is 59.7 Å². The minimum absolute atomic E-state index is 0.130. The number of likely N-dealkylation sites (tertiary alicyclic amines) is 1. The summed E-state index contributed by atoms with van der Waals surface area (Å²) < 4.78 is 20.7. The van der Waals surface area contributed by atoms with Crippen LogP contribution in [0.4, 0.5) is 9.28 Å². The zero-order valence-electron chi connectivity index (χ0n) is 31.8. The predicted molar refractivity (Wildman–Crippen MR) is 201 cm³/mol. The number of urea groups is 1. The van der Waals surface area contributed by atoms with Crippen molar-refractivity contribution in [2.45, 2.75) is 110 Å². The van der Waals surface area contributed by atoms with Gasteiger partial charge in [0, 0.05) is 44.8 Å². The number of benzene rings is 2. The first-order valence-electron chi connectivity index (χ1n) is 18.2. The van der Waals surface area contributed by atoms with Gasteiger partial charge in [-0.1, -0.05) is 96.7 Å². The van der Waals surface area contributed by atoms with Crippen molar-refractivity contribution >= 4 is 6.03 Å². The lowest BCUT2D eigenvalue weighted by molar-refractivity contribution is -0.0575. The molecule has 1 aliphatic heterocycles. The standard InChI is InChI=1S/C31H47N3O5.2C4H10.FH2N/c1-5-24-13-6-8-16-28(24)39-29-17-9-7-15-27(29)31(37,18-10-11-20-38-4)25-14-12-19-34(21-25)30(36)32-26(23-35)22-33(2)3;2*1-3-4-2;1-2/h6-9,13,15-17,25-26,35,37H,5,10-12,14,18-23H2,1-4H3,(H,32,36);2*3-4H2,1-2H3;2H2/t25-,26-,31+;;;/m1.../s1. The minimum Gasteiger partial charge on any atom is -0.457 e. The number of hydrogen-bond acceptors (Lipinski definition) is 7. The molecule has 9 nitrogen and oxygen atoms in total. The summed E-state index contributed by atoms with van der Waals surface area (Å²) in [6, 6.07) is 15.2. The number of hydrogen-bond donors (Lipinski definition) is 4. The molecule has 5 N–H and O–H groups in total. The number of aryl methyl sites for hydroxylation is 1. The number of aliphatic hydroxyl groups is 2. The van der Waals surface area contributed by atoms with Gasteiger partial charge in [0.25, 0.3) is 0 Å². The summed E-state index contributed by atoms with van der Waals surface area (Å²) in [7, 11) is 5.51. The number of amides is 2. The van der Waals surface area contributed by atoms with Gasteiger partial charge in [-0.05, 0) is 70.3 Å². The van der Waals surface area contributed by atoms with Crippen LogP contribution in [0.3, 0.4) is 0 Å². The Morgan fingerprint density at radius 1 is 1.00 bits per heavy atom. The van der Waals surface area contributed by atoms with Crippen molar-refractivity contribution in [3.63, 3.8) is 0 Å². The van der Waals surface area contributed by atoms with Crippen LogP contribution >= 0.6 is 0 Å². The molecule has 49 heavy (non-hydrogen) atoms. The van der Waals surface area contributed by atoms with Gasteiger partial charge in [-0.2, -0.15) is 5.96 Å². The van der Waals surface area contributed by atoms with Crippen molar-refractivity contribution < 1.29 is 29.0 Å². The molecule has 2 aromatic carbocycles. The maximum absolute atomic E-state index is 13.2. The Hall–Kier alpha value is -2.76. The number of rotatable bonds is 16. The highest BCUT2D eigenvalue weighted by Gasteiger charge is 2.43. The maximum atomic E-state index is 13.2. The summed E-state index contributed by atoms with van der Waals surface area (Å²) in [5, 5.41) is 25.2. The number of methoxy groups -OCH3 is 1. The van der Waals surface area contributed by atoms with Crippen molar-refractivity contribution in [2.75, 3.05) is 54.1 Å². The zero-order valence-corrected chi connectivity index (χ0v) is 31.8. The van der Waals surface area contributed by atoms with E-state index in [0.29, 0.717) is 38.4 Å². The van der Waals surface area contributed by atoms with Gasteiger partial charge in [0.2, 0.25) is 0 Å². The van der Waals surface area contributed by atoms with Crippen LogP contribution in [0.1, 0.15) is 104 Å². The molecule has 0 spiro atoms. The number of para-hydroxylation sites is 2. The maximum Gasteiger partial charge on any atom is 0.317 e. The molecule has 2 aromatic rings. The normalized spacial score (nSPS) is 15.7. The third kappa shape index (κ3) is 17.1. The topological polar surface area (TPSA) is 121 Å². The van der Waals surface area contributed by atoms with Gasteiger partial charge in [-0.3, -0.25) is 0 Å². The number of ether oxygens (including phenoxy) is 2. The number of halogens is 1. The van der Waals surface area contributed by atoms with Gasteiger partial charge in [0.05, 0.1) is 18.2 Å². The first-order valence-corrected chi connectivity index (χ1v) is 18.2. The van der Waals surface area contributed by atoms with E-state index in [4.69, 9.17) is 14.0 Å². The third-order valence-electron chi connectivity index (χ3n) is 8.60. The summed E-state index contributed by atoms with van der Waals surface area (Å²) in [4.78, 5) is 16.9. The number of nitrogens with two attached hydrogens (primary N) is 1. The lowest BCUT2D eigenvalue weighted by Gasteiger charge is -2.43. The molecule has 10 heteroatoms. The number of carbonyl (C=O) groups is 1. The highest BCUT2D eigenvalue weighted by Crippen LogP contribution is 2.44. The Balaban J connectivity index is 0.00000204. The molecular formula is C39H69FN4O5. The van der Waals surface area contributed by atoms with Crippen LogP contribution in [-0.2, 0) is 16.8 Å². The van der Waals surface area contributed by atoms with Gasteiger partial charge >= 0.3 is 6.03 Å². The molecule has 2 amide bonds. The fourth-order valence-electron chi connectivity index (χ4n) is 5.53. The smallest absolute Gasteiger partial charge is 0.317 e. The zero-order chi connectivity index (χ0) is 37.1. The Labute approximate surface area is 297 Å². The molecule has 0 bridgehead atoms. The second kappa shape index (κ2) is 28.0. The quantitative estimate of drug-likeness (QED) is 0.105. The van der Waals surface area contributed by atoms with Gasteiger partial charge < -0.3 is 34.8 Å².